The first-order chi connectivity index (χ1) is 14.8. The Morgan fingerprint density at radius 3 is 2.97 bits per heavy atom. The molecule has 1 aromatic carbocycles. The normalized spacial score (nSPS) is 23.6. The van der Waals surface area contributed by atoms with Crippen molar-refractivity contribution in [2.24, 2.45) is 0 Å². The summed E-state index contributed by atoms with van der Waals surface area (Å²) >= 11 is 0. The molecule has 1 saturated carbocycles. The van der Waals surface area contributed by atoms with E-state index in [1.165, 1.54) is 18.5 Å². The van der Waals surface area contributed by atoms with Gasteiger partial charge in [-0.05, 0) is 25.8 Å². The van der Waals surface area contributed by atoms with Crippen LogP contribution in [0, 0.1) is 0 Å². The van der Waals surface area contributed by atoms with Crippen LogP contribution in [0.3, 0.4) is 0 Å². The summed E-state index contributed by atoms with van der Waals surface area (Å²) in [5.41, 5.74) is 4.23. The van der Waals surface area contributed by atoms with Gasteiger partial charge in [0.2, 0.25) is 5.95 Å². The molecule has 0 amide bonds. The Labute approximate surface area is 175 Å². The SMILES string of the molecule is c1ccc(-c2cc(CN3CCC4(COCc5cnc(NC6CC6)nc54)C3)no2)cc1. The number of fused-ring (bicyclic) bond motifs is 2. The summed E-state index contributed by atoms with van der Waals surface area (Å²) in [6.07, 6.45) is 5.40. The number of rotatable bonds is 5. The van der Waals surface area contributed by atoms with Crippen molar-refractivity contribution >= 4 is 5.95 Å². The largest absolute Gasteiger partial charge is 0.376 e. The molecule has 30 heavy (non-hydrogen) atoms. The van der Waals surface area contributed by atoms with Crippen LogP contribution in [0.25, 0.3) is 11.3 Å². The van der Waals surface area contributed by atoms with Crippen LogP contribution in [0.4, 0.5) is 5.95 Å². The molecule has 2 aliphatic heterocycles. The molecule has 7 heteroatoms. The van der Waals surface area contributed by atoms with Gasteiger partial charge in [0.15, 0.2) is 5.76 Å². The van der Waals surface area contributed by atoms with Crippen molar-refractivity contribution in [1.82, 2.24) is 20.0 Å². The predicted octanol–water partition coefficient (Wildman–Crippen LogP) is 3.38. The van der Waals surface area contributed by atoms with Gasteiger partial charge in [-0.2, -0.15) is 0 Å². The minimum Gasteiger partial charge on any atom is -0.376 e. The number of nitrogens with one attached hydrogen (secondary N) is 1. The third kappa shape index (κ3) is 3.38. The van der Waals surface area contributed by atoms with E-state index in [1.807, 2.05) is 42.6 Å². The van der Waals surface area contributed by atoms with E-state index in [0.717, 1.165) is 54.6 Å². The molecule has 1 unspecified atom stereocenters. The van der Waals surface area contributed by atoms with Crippen LogP contribution >= 0.6 is 0 Å². The molecule has 6 rings (SSSR count). The van der Waals surface area contributed by atoms with Crippen LogP contribution in [0.15, 0.2) is 47.1 Å². The second-order valence-corrected chi connectivity index (χ2v) is 8.77. The number of likely N-dealkylation sites (tertiary alicyclic amines) is 1. The fourth-order valence-electron chi connectivity index (χ4n) is 4.63. The number of ether oxygens (including phenoxy) is 1. The molecule has 154 valence electrons. The first-order valence-corrected chi connectivity index (χ1v) is 10.7. The molecule has 1 aliphatic carbocycles. The molecule has 3 aliphatic rings. The van der Waals surface area contributed by atoms with Gasteiger partial charge in [-0.25, -0.2) is 9.97 Å². The van der Waals surface area contributed by atoms with E-state index in [2.05, 4.69) is 20.4 Å². The van der Waals surface area contributed by atoms with Gasteiger partial charge in [0.05, 0.1) is 30.0 Å². The van der Waals surface area contributed by atoms with Crippen LogP contribution in [-0.4, -0.2) is 45.8 Å². The van der Waals surface area contributed by atoms with Crippen molar-refractivity contribution in [1.29, 1.82) is 0 Å². The lowest BCUT2D eigenvalue weighted by Crippen LogP contribution is -2.40. The number of benzene rings is 1. The summed E-state index contributed by atoms with van der Waals surface area (Å²) < 4.78 is 11.5. The average molecular weight is 403 g/mol. The van der Waals surface area contributed by atoms with Gasteiger partial charge >= 0.3 is 0 Å². The minimum absolute atomic E-state index is 0.0670. The van der Waals surface area contributed by atoms with Crippen molar-refractivity contribution in [2.75, 3.05) is 25.0 Å². The minimum atomic E-state index is -0.0670. The predicted molar refractivity (Wildman–Crippen MR) is 112 cm³/mol. The summed E-state index contributed by atoms with van der Waals surface area (Å²) in [5.74, 6) is 1.58. The summed E-state index contributed by atoms with van der Waals surface area (Å²) in [5, 5.41) is 7.75. The quantitative estimate of drug-likeness (QED) is 0.700. The van der Waals surface area contributed by atoms with Crippen molar-refractivity contribution in [3.05, 3.63) is 59.5 Å². The number of hydrogen-bond acceptors (Lipinski definition) is 7. The van der Waals surface area contributed by atoms with Gasteiger partial charge in [-0.15, -0.1) is 0 Å². The van der Waals surface area contributed by atoms with E-state index < -0.39 is 0 Å². The number of anilines is 1. The molecule has 4 heterocycles. The maximum atomic E-state index is 5.97. The molecular weight excluding hydrogens is 378 g/mol. The smallest absolute Gasteiger partial charge is 0.223 e. The summed E-state index contributed by atoms with van der Waals surface area (Å²) in [6.45, 7) is 3.99. The Bertz CT molecular complexity index is 1050. The first kappa shape index (κ1) is 18.0. The van der Waals surface area contributed by atoms with Crippen LogP contribution < -0.4 is 5.32 Å². The van der Waals surface area contributed by atoms with Crippen molar-refractivity contribution in [3.8, 4) is 11.3 Å². The Morgan fingerprint density at radius 1 is 1.20 bits per heavy atom. The Hall–Kier alpha value is -2.77. The Morgan fingerprint density at radius 2 is 2.10 bits per heavy atom. The second kappa shape index (κ2) is 7.18. The highest BCUT2D eigenvalue weighted by atomic mass is 16.5. The van der Waals surface area contributed by atoms with Gasteiger partial charge < -0.3 is 14.6 Å². The first-order valence-electron chi connectivity index (χ1n) is 10.7. The van der Waals surface area contributed by atoms with Crippen molar-refractivity contribution < 1.29 is 9.26 Å². The maximum absolute atomic E-state index is 5.97. The highest BCUT2D eigenvalue weighted by Gasteiger charge is 2.45. The molecule has 1 atom stereocenters. The average Bonchev–Trinajstić information content (AvgIpc) is 3.32. The fourth-order valence-corrected chi connectivity index (χ4v) is 4.63. The lowest BCUT2D eigenvalue weighted by atomic mass is 9.80. The summed E-state index contributed by atoms with van der Waals surface area (Å²) in [4.78, 5) is 11.9. The van der Waals surface area contributed by atoms with E-state index in [-0.39, 0.29) is 5.41 Å². The van der Waals surface area contributed by atoms with Crippen LogP contribution in [0.5, 0.6) is 0 Å². The van der Waals surface area contributed by atoms with Gasteiger partial charge in [0, 0.05) is 42.5 Å². The van der Waals surface area contributed by atoms with E-state index in [0.29, 0.717) is 19.3 Å². The van der Waals surface area contributed by atoms with E-state index >= 15 is 0 Å². The molecule has 3 aromatic rings. The maximum Gasteiger partial charge on any atom is 0.223 e. The standard InChI is InChI=1S/C23H25N5O2/c1-2-4-16(5-3-1)20-10-19(27-30-20)12-28-9-8-23(14-28)15-29-13-17-11-24-22(26-21(17)23)25-18-6-7-18/h1-5,10-11,18H,6-9,12-15H2,(H,24,25,26). The zero-order chi connectivity index (χ0) is 20.0. The fraction of sp³-hybridized carbons (Fsp3) is 0.435. The lowest BCUT2D eigenvalue weighted by molar-refractivity contribution is 0.0502. The zero-order valence-corrected chi connectivity index (χ0v) is 16.9. The summed E-state index contributed by atoms with van der Waals surface area (Å²) in [6, 6.07) is 12.7. The highest BCUT2D eigenvalue weighted by molar-refractivity contribution is 5.56. The highest BCUT2D eigenvalue weighted by Crippen LogP contribution is 2.40. The molecule has 2 fully saturated rings. The molecular formula is C23H25N5O2. The van der Waals surface area contributed by atoms with Crippen molar-refractivity contribution in [2.45, 2.75) is 43.9 Å². The molecule has 0 bridgehead atoms. The monoisotopic (exact) mass is 403 g/mol. The zero-order valence-electron chi connectivity index (χ0n) is 16.9. The van der Waals surface area contributed by atoms with E-state index in [1.54, 1.807) is 0 Å². The van der Waals surface area contributed by atoms with E-state index in [4.69, 9.17) is 14.2 Å². The molecule has 1 N–H and O–H groups in total. The van der Waals surface area contributed by atoms with Gasteiger partial charge in [0.1, 0.15) is 0 Å². The van der Waals surface area contributed by atoms with Crippen molar-refractivity contribution in [3.63, 3.8) is 0 Å². The van der Waals surface area contributed by atoms with Crippen LogP contribution in [-0.2, 0) is 23.3 Å². The van der Waals surface area contributed by atoms with Crippen LogP contribution in [0.1, 0.15) is 36.2 Å². The molecule has 2 aromatic heterocycles. The lowest BCUT2D eigenvalue weighted by Gasteiger charge is -2.34. The molecule has 1 spiro atoms. The number of nitrogens with zero attached hydrogens (tertiary/aromatic N) is 4. The second-order valence-electron chi connectivity index (χ2n) is 8.77. The van der Waals surface area contributed by atoms with Gasteiger partial charge in [-0.1, -0.05) is 35.5 Å². The Kier molecular flexibility index (Phi) is 4.32. The number of aromatic nitrogens is 3. The third-order valence-corrected chi connectivity index (χ3v) is 6.35. The van der Waals surface area contributed by atoms with Crippen LogP contribution in [0.2, 0.25) is 0 Å². The molecule has 7 nitrogen and oxygen atoms in total. The van der Waals surface area contributed by atoms with Gasteiger partial charge in [-0.3, -0.25) is 4.90 Å². The van der Waals surface area contributed by atoms with E-state index in [9.17, 15) is 0 Å². The third-order valence-electron chi connectivity index (χ3n) is 6.35. The topological polar surface area (TPSA) is 76.3 Å². The Balaban J connectivity index is 1.20. The summed E-state index contributed by atoms with van der Waals surface area (Å²) in [7, 11) is 0. The van der Waals surface area contributed by atoms with Gasteiger partial charge in [0.25, 0.3) is 0 Å². The number of hydrogen-bond donors (Lipinski definition) is 1. The molecule has 1 saturated heterocycles. The molecule has 0 radical (unpaired) electrons.